The molecule has 0 spiro atoms. The van der Waals surface area contributed by atoms with Crippen molar-refractivity contribution in [3.05, 3.63) is 65.9 Å². The van der Waals surface area contributed by atoms with Crippen LogP contribution < -0.4 is 5.32 Å². The topological polar surface area (TPSA) is 31.1 Å². The summed E-state index contributed by atoms with van der Waals surface area (Å²) in [6.07, 6.45) is 6.50. The number of nitrogens with zero attached hydrogens (tertiary/aromatic N) is 1. The first-order valence-corrected chi connectivity index (χ1v) is 9.60. The van der Waals surface area contributed by atoms with E-state index in [9.17, 15) is 8.78 Å². The van der Waals surface area contributed by atoms with Gasteiger partial charge in [0.2, 0.25) is 0 Å². The molecule has 3 nitrogen and oxygen atoms in total. The van der Waals surface area contributed by atoms with E-state index in [1.54, 1.807) is 0 Å². The largest absolute Gasteiger partial charge is 0.361 e. The fourth-order valence-electron chi connectivity index (χ4n) is 3.85. The lowest BCUT2D eigenvalue weighted by molar-refractivity contribution is 0.313. The Morgan fingerprint density at radius 2 is 1.81 bits per heavy atom. The van der Waals surface area contributed by atoms with Crippen molar-refractivity contribution >= 4 is 33.9 Å². The number of benzene rings is 2. The summed E-state index contributed by atoms with van der Waals surface area (Å²) >= 11 is 5.64. The number of aromatic nitrogens is 1. The summed E-state index contributed by atoms with van der Waals surface area (Å²) in [5.74, 6) is -1.24. The van der Waals surface area contributed by atoms with Gasteiger partial charge in [0.15, 0.2) is 5.11 Å². The van der Waals surface area contributed by atoms with Crippen molar-refractivity contribution < 1.29 is 8.78 Å². The average Bonchev–Trinajstić information content (AvgIpc) is 3.28. The van der Waals surface area contributed by atoms with Crippen LogP contribution >= 0.6 is 12.2 Å². The van der Waals surface area contributed by atoms with E-state index in [1.165, 1.54) is 30.4 Å². The number of nitrogens with one attached hydrogen (secondary N) is 2. The minimum Gasteiger partial charge on any atom is -0.361 e. The van der Waals surface area contributed by atoms with E-state index in [0.717, 1.165) is 30.0 Å². The van der Waals surface area contributed by atoms with E-state index in [2.05, 4.69) is 21.3 Å². The molecular weight excluding hydrogens is 364 g/mol. The highest BCUT2D eigenvalue weighted by Gasteiger charge is 2.25. The van der Waals surface area contributed by atoms with Gasteiger partial charge in [0.25, 0.3) is 0 Å². The van der Waals surface area contributed by atoms with Crippen molar-refractivity contribution in [1.29, 1.82) is 0 Å². The number of hydrogen-bond acceptors (Lipinski definition) is 1. The van der Waals surface area contributed by atoms with E-state index in [-0.39, 0.29) is 0 Å². The summed E-state index contributed by atoms with van der Waals surface area (Å²) in [5.41, 5.74) is 2.58. The highest BCUT2D eigenvalue weighted by Crippen LogP contribution is 2.28. The van der Waals surface area contributed by atoms with Crippen LogP contribution in [0.5, 0.6) is 0 Å². The first-order valence-electron chi connectivity index (χ1n) is 9.19. The van der Waals surface area contributed by atoms with Crippen molar-refractivity contribution in [2.45, 2.75) is 38.3 Å². The Hall–Kier alpha value is -2.47. The van der Waals surface area contributed by atoms with Gasteiger partial charge in [-0.2, -0.15) is 0 Å². The Kier molecular flexibility index (Phi) is 5.07. The van der Waals surface area contributed by atoms with Crippen molar-refractivity contribution in [2.24, 2.45) is 0 Å². The summed E-state index contributed by atoms with van der Waals surface area (Å²) in [4.78, 5) is 5.45. The van der Waals surface area contributed by atoms with Crippen LogP contribution in [0.4, 0.5) is 14.5 Å². The third-order valence-corrected chi connectivity index (χ3v) is 5.49. The number of hydrogen-bond donors (Lipinski definition) is 2. The second kappa shape index (κ2) is 7.64. The van der Waals surface area contributed by atoms with E-state index in [1.807, 2.05) is 24.4 Å². The second-order valence-electron chi connectivity index (χ2n) is 7.01. The SMILES string of the molecule is Fc1cc(F)cc(NC(=S)N(Cc2c[nH]c3ccccc23)C2CCCC2)c1. The standard InChI is InChI=1S/C21H21F2N3S/c22-15-9-16(23)11-17(10-15)25-21(27)26(18-5-1-2-6-18)13-14-12-24-20-8-4-3-7-19(14)20/h3-4,7-12,18,24H,1-2,5-6,13H2,(H,25,27). The van der Waals surface area contributed by atoms with E-state index >= 15 is 0 Å². The van der Waals surface area contributed by atoms with E-state index < -0.39 is 11.6 Å². The number of para-hydroxylation sites is 1. The minimum absolute atomic E-state index is 0.331. The van der Waals surface area contributed by atoms with Crippen LogP contribution in [0, 0.1) is 11.6 Å². The zero-order chi connectivity index (χ0) is 18.8. The van der Waals surface area contributed by atoms with Gasteiger partial charge >= 0.3 is 0 Å². The Balaban J connectivity index is 1.59. The molecule has 0 unspecified atom stereocenters. The smallest absolute Gasteiger partial charge is 0.173 e. The van der Waals surface area contributed by atoms with Gasteiger partial charge in [0.1, 0.15) is 11.6 Å². The Morgan fingerprint density at radius 3 is 2.56 bits per heavy atom. The lowest BCUT2D eigenvalue weighted by atomic mass is 10.1. The van der Waals surface area contributed by atoms with Crippen molar-refractivity contribution in [3.63, 3.8) is 0 Å². The molecular formula is C21H21F2N3S. The quantitative estimate of drug-likeness (QED) is 0.574. The molecule has 2 aromatic carbocycles. The Bertz CT molecular complexity index is 943. The molecule has 0 bridgehead atoms. The third-order valence-electron chi connectivity index (χ3n) is 5.16. The van der Waals surface area contributed by atoms with Crippen LogP contribution in [0.15, 0.2) is 48.7 Å². The molecule has 1 aromatic heterocycles. The molecule has 0 atom stereocenters. The van der Waals surface area contributed by atoms with Gasteiger partial charge in [-0.15, -0.1) is 0 Å². The van der Waals surface area contributed by atoms with Crippen LogP contribution in [-0.4, -0.2) is 21.0 Å². The number of halogens is 2. The maximum atomic E-state index is 13.5. The minimum atomic E-state index is -0.621. The predicted octanol–water partition coefficient (Wildman–Crippen LogP) is 5.59. The number of H-pyrrole nitrogens is 1. The van der Waals surface area contributed by atoms with Crippen LogP contribution in [0.25, 0.3) is 10.9 Å². The molecule has 140 valence electrons. The van der Waals surface area contributed by atoms with Crippen molar-refractivity contribution in [3.8, 4) is 0 Å². The maximum absolute atomic E-state index is 13.5. The molecule has 27 heavy (non-hydrogen) atoms. The van der Waals surface area contributed by atoms with Crippen LogP contribution in [0.1, 0.15) is 31.2 Å². The van der Waals surface area contributed by atoms with Gasteiger partial charge < -0.3 is 15.2 Å². The lowest BCUT2D eigenvalue weighted by Crippen LogP contribution is -2.41. The molecule has 0 amide bonds. The number of anilines is 1. The number of thiocarbonyl (C=S) groups is 1. The first kappa shape index (κ1) is 17.9. The van der Waals surface area contributed by atoms with Gasteiger partial charge in [0.05, 0.1) is 0 Å². The highest BCUT2D eigenvalue weighted by atomic mass is 32.1. The summed E-state index contributed by atoms with van der Waals surface area (Å²) in [7, 11) is 0. The molecule has 0 saturated heterocycles. The second-order valence-corrected chi connectivity index (χ2v) is 7.40. The molecule has 2 N–H and O–H groups in total. The predicted molar refractivity (Wildman–Crippen MR) is 109 cm³/mol. The molecule has 1 heterocycles. The summed E-state index contributed by atoms with van der Waals surface area (Å²) < 4.78 is 27.0. The van der Waals surface area contributed by atoms with Gasteiger partial charge in [-0.25, -0.2) is 8.78 Å². The molecule has 1 saturated carbocycles. The zero-order valence-corrected chi connectivity index (χ0v) is 15.7. The normalized spacial score (nSPS) is 14.6. The molecule has 3 aromatic rings. The van der Waals surface area contributed by atoms with Crippen molar-refractivity contribution in [2.75, 3.05) is 5.32 Å². The molecule has 6 heteroatoms. The molecule has 1 aliphatic rings. The number of fused-ring (bicyclic) bond motifs is 1. The maximum Gasteiger partial charge on any atom is 0.173 e. The van der Waals surface area contributed by atoms with Gasteiger partial charge in [-0.05, 0) is 48.8 Å². The van der Waals surface area contributed by atoms with Gasteiger partial charge in [-0.3, -0.25) is 0 Å². The molecule has 0 aliphatic heterocycles. The molecule has 1 aliphatic carbocycles. The highest BCUT2D eigenvalue weighted by molar-refractivity contribution is 7.80. The Labute approximate surface area is 162 Å². The molecule has 0 radical (unpaired) electrons. The van der Waals surface area contributed by atoms with Gasteiger partial charge in [0, 0.05) is 41.4 Å². The van der Waals surface area contributed by atoms with E-state index in [4.69, 9.17) is 12.2 Å². The fraction of sp³-hybridized carbons (Fsp3) is 0.286. The lowest BCUT2D eigenvalue weighted by Gasteiger charge is -2.31. The van der Waals surface area contributed by atoms with Crippen molar-refractivity contribution in [1.82, 2.24) is 9.88 Å². The third kappa shape index (κ3) is 3.95. The van der Waals surface area contributed by atoms with Crippen LogP contribution in [-0.2, 0) is 6.54 Å². The van der Waals surface area contributed by atoms with Gasteiger partial charge in [-0.1, -0.05) is 31.0 Å². The summed E-state index contributed by atoms with van der Waals surface area (Å²) in [6.45, 7) is 0.651. The summed E-state index contributed by atoms with van der Waals surface area (Å²) in [6, 6.07) is 11.9. The summed E-state index contributed by atoms with van der Waals surface area (Å²) in [5, 5.41) is 4.69. The number of aromatic amines is 1. The molecule has 1 fully saturated rings. The van der Waals surface area contributed by atoms with E-state index in [0.29, 0.717) is 23.4 Å². The molecule has 4 rings (SSSR count). The fourth-order valence-corrected chi connectivity index (χ4v) is 4.18. The Morgan fingerprint density at radius 1 is 1.11 bits per heavy atom. The monoisotopic (exact) mass is 385 g/mol. The number of rotatable bonds is 4. The average molecular weight is 385 g/mol. The van der Waals surface area contributed by atoms with Crippen LogP contribution in [0.2, 0.25) is 0 Å². The first-order chi connectivity index (χ1) is 13.1. The zero-order valence-electron chi connectivity index (χ0n) is 14.8. The van der Waals surface area contributed by atoms with Crippen LogP contribution in [0.3, 0.4) is 0 Å².